The van der Waals surface area contributed by atoms with Crippen LogP contribution in [0, 0.1) is 19.7 Å². The molecule has 0 aliphatic heterocycles. The summed E-state index contributed by atoms with van der Waals surface area (Å²) in [5, 5.41) is 2.80. The molecule has 1 aromatic heterocycles. The molecule has 6 heteroatoms. The van der Waals surface area contributed by atoms with Crippen molar-refractivity contribution < 1.29 is 18.3 Å². The lowest BCUT2D eigenvalue weighted by molar-refractivity contribution is 0.149. The van der Waals surface area contributed by atoms with E-state index < -0.39 is 0 Å². The number of halogens is 1. The van der Waals surface area contributed by atoms with Crippen LogP contribution in [0.1, 0.15) is 17.1 Å². The Morgan fingerprint density at radius 1 is 1.30 bits per heavy atom. The number of ether oxygens (including phenoxy) is 1. The second-order valence-electron chi connectivity index (χ2n) is 5.32. The van der Waals surface area contributed by atoms with Gasteiger partial charge in [-0.1, -0.05) is 0 Å². The summed E-state index contributed by atoms with van der Waals surface area (Å²) in [6, 6.07) is 7.65. The highest BCUT2D eigenvalue weighted by atomic mass is 19.1. The molecule has 0 spiro atoms. The number of carbonyl (C=O) groups is 1. The summed E-state index contributed by atoms with van der Waals surface area (Å²) < 4.78 is 23.7. The molecule has 0 radical (unpaired) electrons. The zero-order chi connectivity index (χ0) is 16.8. The highest BCUT2D eigenvalue weighted by Crippen LogP contribution is 2.17. The molecule has 0 unspecified atom stereocenters. The number of nitrogens with one attached hydrogen (secondary N) is 1. The van der Waals surface area contributed by atoms with E-state index in [9.17, 15) is 9.18 Å². The molecular formula is C17H21FN2O3. The molecule has 0 fully saturated rings. The lowest BCUT2D eigenvalue weighted by Crippen LogP contribution is -2.36. The van der Waals surface area contributed by atoms with Gasteiger partial charge in [0.25, 0.3) is 0 Å². The second kappa shape index (κ2) is 7.78. The number of urea groups is 1. The number of amides is 2. The Bertz CT molecular complexity index is 670. The number of methoxy groups -OCH3 is 1. The number of benzene rings is 1. The first-order chi connectivity index (χ1) is 11.0. The van der Waals surface area contributed by atoms with Crippen molar-refractivity contribution >= 4 is 11.7 Å². The quantitative estimate of drug-likeness (QED) is 0.882. The summed E-state index contributed by atoms with van der Waals surface area (Å²) in [7, 11) is 1.58. The zero-order valence-electron chi connectivity index (χ0n) is 13.6. The van der Waals surface area contributed by atoms with Gasteiger partial charge in [0, 0.05) is 19.3 Å². The number of hydrogen-bond donors (Lipinski definition) is 1. The first kappa shape index (κ1) is 17.0. The molecule has 0 aliphatic rings. The van der Waals surface area contributed by atoms with Gasteiger partial charge in [0.1, 0.15) is 17.3 Å². The summed E-state index contributed by atoms with van der Waals surface area (Å²) >= 11 is 0. The van der Waals surface area contributed by atoms with Crippen LogP contribution in [0.5, 0.6) is 0 Å². The van der Waals surface area contributed by atoms with Crippen LogP contribution in [-0.2, 0) is 11.3 Å². The molecule has 0 atom stereocenters. The van der Waals surface area contributed by atoms with Crippen molar-refractivity contribution in [3.05, 3.63) is 53.2 Å². The second-order valence-corrected chi connectivity index (χ2v) is 5.32. The number of anilines is 1. The molecule has 1 heterocycles. The first-order valence-corrected chi connectivity index (χ1v) is 7.36. The lowest BCUT2D eigenvalue weighted by Gasteiger charge is -2.22. The van der Waals surface area contributed by atoms with Crippen molar-refractivity contribution in [2.45, 2.75) is 20.4 Å². The number of rotatable bonds is 6. The minimum Gasteiger partial charge on any atom is -0.464 e. The zero-order valence-corrected chi connectivity index (χ0v) is 13.6. The predicted molar refractivity (Wildman–Crippen MR) is 85.9 cm³/mol. The third-order valence-corrected chi connectivity index (χ3v) is 3.43. The molecule has 0 saturated heterocycles. The van der Waals surface area contributed by atoms with Crippen LogP contribution >= 0.6 is 0 Å². The van der Waals surface area contributed by atoms with Crippen LogP contribution in [0.25, 0.3) is 0 Å². The number of aryl methyl sites for hydroxylation is 2. The smallest absolute Gasteiger partial charge is 0.322 e. The van der Waals surface area contributed by atoms with Gasteiger partial charge < -0.3 is 19.4 Å². The van der Waals surface area contributed by atoms with E-state index in [1.807, 2.05) is 19.1 Å². The fraction of sp³-hybridized carbons (Fsp3) is 0.353. The third-order valence-electron chi connectivity index (χ3n) is 3.43. The van der Waals surface area contributed by atoms with E-state index in [4.69, 9.17) is 9.15 Å². The van der Waals surface area contributed by atoms with E-state index >= 15 is 0 Å². The largest absolute Gasteiger partial charge is 0.464 e. The molecule has 2 rings (SSSR count). The van der Waals surface area contributed by atoms with Gasteiger partial charge >= 0.3 is 6.03 Å². The molecule has 0 saturated carbocycles. The molecule has 0 aliphatic carbocycles. The van der Waals surface area contributed by atoms with Gasteiger partial charge in [-0.25, -0.2) is 9.18 Å². The monoisotopic (exact) mass is 320 g/mol. The van der Waals surface area contributed by atoms with Gasteiger partial charge in [0.15, 0.2) is 0 Å². The first-order valence-electron chi connectivity index (χ1n) is 7.36. The van der Waals surface area contributed by atoms with Crippen molar-refractivity contribution in [2.75, 3.05) is 25.6 Å². The van der Waals surface area contributed by atoms with Crippen molar-refractivity contribution in [3.8, 4) is 0 Å². The van der Waals surface area contributed by atoms with Crippen molar-refractivity contribution in [2.24, 2.45) is 0 Å². The van der Waals surface area contributed by atoms with E-state index in [1.165, 1.54) is 12.1 Å². The van der Waals surface area contributed by atoms with Crippen LogP contribution in [-0.4, -0.2) is 31.2 Å². The summed E-state index contributed by atoms with van der Waals surface area (Å²) in [6.45, 7) is 4.76. The lowest BCUT2D eigenvalue weighted by atomic mass is 10.2. The maximum Gasteiger partial charge on any atom is 0.322 e. The maximum absolute atomic E-state index is 13.1. The van der Waals surface area contributed by atoms with E-state index in [1.54, 1.807) is 25.0 Å². The number of hydrogen-bond acceptors (Lipinski definition) is 3. The summed E-state index contributed by atoms with van der Waals surface area (Å²) in [6.07, 6.45) is 0. The average Bonchev–Trinajstić information content (AvgIpc) is 2.91. The van der Waals surface area contributed by atoms with Gasteiger partial charge in [-0.3, -0.25) is 0 Å². The Morgan fingerprint density at radius 3 is 2.70 bits per heavy atom. The van der Waals surface area contributed by atoms with Gasteiger partial charge in [-0.2, -0.15) is 0 Å². The Labute approximate surface area is 135 Å². The minimum absolute atomic E-state index is 0.286. The van der Waals surface area contributed by atoms with Gasteiger partial charge in [0.2, 0.25) is 0 Å². The maximum atomic E-state index is 13.1. The molecule has 0 bridgehead atoms. The molecule has 124 valence electrons. The summed E-state index contributed by atoms with van der Waals surface area (Å²) in [5.74, 6) is 1.16. The Morgan fingerprint density at radius 2 is 2.09 bits per heavy atom. The number of furan rings is 1. The Hall–Kier alpha value is -2.34. The standard InChI is InChI=1S/C17H21FN2O3/c1-12-10-14(18)5-7-16(12)19-17(21)20(8-9-22-3)11-15-6-4-13(2)23-15/h4-7,10H,8-9,11H2,1-3H3,(H,19,21). The van der Waals surface area contributed by atoms with Crippen molar-refractivity contribution in [1.29, 1.82) is 0 Å². The molecule has 2 aromatic rings. The summed E-state index contributed by atoms with van der Waals surface area (Å²) in [5.41, 5.74) is 1.24. The van der Waals surface area contributed by atoms with Crippen LogP contribution in [0.2, 0.25) is 0 Å². The average molecular weight is 320 g/mol. The fourth-order valence-corrected chi connectivity index (χ4v) is 2.17. The van der Waals surface area contributed by atoms with Crippen molar-refractivity contribution in [3.63, 3.8) is 0 Å². The minimum atomic E-state index is -0.331. The Balaban J connectivity index is 2.09. The number of carbonyl (C=O) groups excluding carboxylic acids is 1. The topological polar surface area (TPSA) is 54.7 Å². The molecule has 23 heavy (non-hydrogen) atoms. The van der Waals surface area contributed by atoms with E-state index in [0.717, 1.165) is 5.76 Å². The molecule has 1 aromatic carbocycles. The highest BCUT2D eigenvalue weighted by molar-refractivity contribution is 5.90. The molecule has 1 N–H and O–H groups in total. The van der Waals surface area contributed by atoms with E-state index in [0.29, 0.717) is 36.7 Å². The summed E-state index contributed by atoms with van der Waals surface area (Å²) in [4.78, 5) is 14.1. The fourth-order valence-electron chi connectivity index (χ4n) is 2.17. The SMILES string of the molecule is COCCN(Cc1ccc(C)o1)C(=O)Nc1ccc(F)cc1C. The molecular weight excluding hydrogens is 299 g/mol. The van der Waals surface area contributed by atoms with Gasteiger partial charge in [0.05, 0.1) is 13.2 Å². The number of nitrogens with zero attached hydrogens (tertiary/aromatic N) is 1. The van der Waals surface area contributed by atoms with Crippen LogP contribution in [0.4, 0.5) is 14.9 Å². The van der Waals surface area contributed by atoms with Gasteiger partial charge in [-0.15, -0.1) is 0 Å². The third kappa shape index (κ3) is 4.82. The van der Waals surface area contributed by atoms with Crippen LogP contribution in [0.3, 0.4) is 0 Å². The normalized spacial score (nSPS) is 10.6. The van der Waals surface area contributed by atoms with Crippen LogP contribution < -0.4 is 5.32 Å². The van der Waals surface area contributed by atoms with E-state index in [2.05, 4.69) is 5.32 Å². The van der Waals surface area contributed by atoms with E-state index in [-0.39, 0.29) is 11.8 Å². The highest BCUT2D eigenvalue weighted by Gasteiger charge is 2.16. The Kier molecular flexibility index (Phi) is 5.76. The van der Waals surface area contributed by atoms with Crippen LogP contribution in [0.15, 0.2) is 34.7 Å². The van der Waals surface area contributed by atoms with Crippen molar-refractivity contribution in [1.82, 2.24) is 4.90 Å². The molecule has 5 nitrogen and oxygen atoms in total. The van der Waals surface area contributed by atoms with Gasteiger partial charge in [-0.05, 0) is 49.7 Å². The predicted octanol–water partition coefficient (Wildman–Crippen LogP) is 3.72. The molecule has 2 amide bonds.